The minimum absolute atomic E-state index is 0.0711. The van der Waals surface area contributed by atoms with Crippen molar-refractivity contribution in [3.05, 3.63) is 36.0 Å². The number of hydrogen-bond acceptors (Lipinski definition) is 5. The Morgan fingerprint density at radius 1 is 1.14 bits per heavy atom. The third kappa shape index (κ3) is 4.08. The quantitative estimate of drug-likeness (QED) is 0.725. The molecule has 1 aromatic carbocycles. The van der Waals surface area contributed by atoms with E-state index in [0.29, 0.717) is 12.1 Å². The number of ketones is 1. The fourth-order valence-electron chi connectivity index (χ4n) is 2.15. The molecule has 0 radical (unpaired) electrons. The lowest BCUT2D eigenvalue weighted by Crippen LogP contribution is -2.34. The Balaban J connectivity index is 2.08. The molecule has 0 bridgehead atoms. The summed E-state index contributed by atoms with van der Waals surface area (Å²) in [5.74, 6) is 0.142. The predicted molar refractivity (Wildman–Crippen MR) is 81.5 cm³/mol. The number of hydrogen-bond donors (Lipinski definition) is 3. The van der Waals surface area contributed by atoms with E-state index in [0.717, 1.165) is 24.8 Å². The smallest absolute Gasteiger partial charge is 0.326 e. The van der Waals surface area contributed by atoms with Crippen molar-refractivity contribution in [1.82, 2.24) is 4.72 Å². The second-order valence-corrected chi connectivity index (χ2v) is 6.62. The molecule has 0 spiro atoms. The van der Waals surface area contributed by atoms with Crippen molar-refractivity contribution in [2.75, 3.05) is 5.32 Å². The average Bonchev–Trinajstić information content (AvgIpc) is 2.45. The first-order valence-electron chi connectivity index (χ1n) is 6.79. The van der Waals surface area contributed by atoms with E-state index in [9.17, 15) is 18.0 Å². The fourth-order valence-corrected chi connectivity index (χ4v) is 3.02. The number of sulfonamides is 1. The Morgan fingerprint density at radius 3 is 2.36 bits per heavy atom. The van der Waals surface area contributed by atoms with Crippen LogP contribution in [0.1, 0.15) is 25.7 Å². The highest BCUT2D eigenvalue weighted by Gasteiger charge is 2.16. The number of benzene rings is 1. The van der Waals surface area contributed by atoms with E-state index in [1.807, 2.05) is 0 Å². The minimum atomic E-state index is -3.94. The lowest BCUT2D eigenvalue weighted by atomic mass is 9.94. The van der Waals surface area contributed by atoms with Crippen LogP contribution in [0.25, 0.3) is 0 Å². The van der Waals surface area contributed by atoms with Crippen LogP contribution in [0.4, 0.5) is 10.5 Å². The number of nitrogens with two attached hydrogens (primary N) is 1. The second kappa shape index (κ2) is 6.61. The summed E-state index contributed by atoms with van der Waals surface area (Å²) >= 11 is 0. The number of allylic oxidation sites excluding steroid dienone is 1. The maximum absolute atomic E-state index is 11.7. The first-order valence-corrected chi connectivity index (χ1v) is 8.28. The van der Waals surface area contributed by atoms with E-state index in [4.69, 9.17) is 5.73 Å². The fraction of sp³-hybridized carbons (Fsp3) is 0.286. The van der Waals surface area contributed by atoms with E-state index < -0.39 is 16.1 Å². The molecule has 2 amide bonds. The molecule has 0 aromatic heterocycles. The maximum atomic E-state index is 11.7. The molecule has 0 unspecified atom stereocenters. The zero-order chi connectivity index (χ0) is 16.2. The van der Waals surface area contributed by atoms with Gasteiger partial charge < -0.3 is 11.1 Å². The van der Waals surface area contributed by atoms with Gasteiger partial charge in [-0.2, -0.15) is 0 Å². The van der Waals surface area contributed by atoms with Gasteiger partial charge in [-0.25, -0.2) is 17.9 Å². The number of primary amides is 1. The van der Waals surface area contributed by atoms with Gasteiger partial charge >= 0.3 is 6.03 Å². The van der Waals surface area contributed by atoms with Gasteiger partial charge in [0.2, 0.25) is 0 Å². The molecule has 22 heavy (non-hydrogen) atoms. The average molecular weight is 323 g/mol. The Bertz CT molecular complexity index is 708. The molecule has 2 rings (SSSR count). The highest BCUT2D eigenvalue weighted by Crippen LogP contribution is 2.20. The van der Waals surface area contributed by atoms with Gasteiger partial charge in [0.15, 0.2) is 5.78 Å². The molecule has 0 aliphatic heterocycles. The van der Waals surface area contributed by atoms with Crippen molar-refractivity contribution < 1.29 is 18.0 Å². The molecular weight excluding hydrogens is 306 g/mol. The first kappa shape index (κ1) is 16.0. The van der Waals surface area contributed by atoms with Crippen LogP contribution in [0, 0.1) is 0 Å². The third-order valence-electron chi connectivity index (χ3n) is 3.27. The first-order chi connectivity index (χ1) is 10.4. The van der Waals surface area contributed by atoms with Crippen molar-refractivity contribution in [2.45, 2.75) is 30.6 Å². The Kier molecular flexibility index (Phi) is 4.81. The molecule has 1 saturated carbocycles. The van der Waals surface area contributed by atoms with Crippen molar-refractivity contribution in [3.8, 4) is 0 Å². The zero-order valence-corrected chi connectivity index (χ0v) is 12.7. The highest BCUT2D eigenvalue weighted by molar-refractivity contribution is 7.90. The van der Waals surface area contributed by atoms with Gasteiger partial charge in [-0.3, -0.25) is 4.79 Å². The summed E-state index contributed by atoms with van der Waals surface area (Å²) in [4.78, 5) is 22.2. The van der Waals surface area contributed by atoms with Crippen LogP contribution in [0.15, 0.2) is 40.9 Å². The van der Waals surface area contributed by atoms with E-state index in [1.54, 1.807) is 23.1 Å². The molecule has 0 saturated heterocycles. The van der Waals surface area contributed by atoms with Crippen molar-refractivity contribution in [2.24, 2.45) is 5.73 Å². The summed E-state index contributed by atoms with van der Waals surface area (Å²) in [6, 6.07) is 4.63. The third-order valence-corrected chi connectivity index (χ3v) is 4.63. The molecule has 8 heteroatoms. The van der Waals surface area contributed by atoms with Gasteiger partial charge in [-0.05, 0) is 43.5 Å². The summed E-state index contributed by atoms with van der Waals surface area (Å²) in [5, 5.41) is 2.97. The van der Waals surface area contributed by atoms with Crippen LogP contribution in [-0.2, 0) is 14.8 Å². The van der Waals surface area contributed by atoms with Gasteiger partial charge in [-0.15, -0.1) is 0 Å². The standard InChI is InChI=1S/C14H17N3O4S/c15-14(19)17-22(20,21)12-7-5-11(6-8-12)16-9-10-3-1-2-4-13(10)18/h5-9,16H,1-4H2,(H3,15,17,19)/b10-9+. The van der Waals surface area contributed by atoms with E-state index in [1.165, 1.54) is 12.1 Å². The molecule has 0 atom stereocenters. The van der Waals surface area contributed by atoms with Gasteiger partial charge in [0.05, 0.1) is 4.90 Å². The molecule has 118 valence electrons. The summed E-state index contributed by atoms with van der Waals surface area (Å²) in [6.45, 7) is 0. The van der Waals surface area contributed by atoms with E-state index >= 15 is 0 Å². The Labute approximate surface area is 128 Å². The van der Waals surface area contributed by atoms with Crippen molar-refractivity contribution >= 4 is 27.5 Å². The molecular formula is C14H17N3O4S. The molecule has 1 aliphatic rings. The number of carbonyl (C=O) groups is 2. The number of Topliss-reactive ketones (excluding diaryl/α,β-unsaturated/α-hetero) is 1. The molecule has 0 heterocycles. The molecule has 1 aliphatic carbocycles. The number of rotatable bonds is 4. The van der Waals surface area contributed by atoms with Crippen LogP contribution >= 0.6 is 0 Å². The molecule has 7 nitrogen and oxygen atoms in total. The topological polar surface area (TPSA) is 118 Å². The summed E-state index contributed by atoms with van der Waals surface area (Å²) < 4.78 is 25.1. The minimum Gasteiger partial charge on any atom is -0.361 e. The largest absolute Gasteiger partial charge is 0.361 e. The maximum Gasteiger partial charge on any atom is 0.326 e. The van der Waals surface area contributed by atoms with Gasteiger partial charge in [0.25, 0.3) is 10.0 Å². The number of amides is 2. The van der Waals surface area contributed by atoms with Crippen LogP contribution in [0.5, 0.6) is 0 Å². The molecule has 1 fully saturated rings. The molecule has 4 N–H and O–H groups in total. The van der Waals surface area contributed by atoms with Crippen molar-refractivity contribution in [3.63, 3.8) is 0 Å². The van der Waals surface area contributed by atoms with Gasteiger partial charge in [0, 0.05) is 23.9 Å². The zero-order valence-electron chi connectivity index (χ0n) is 11.8. The van der Waals surface area contributed by atoms with Crippen LogP contribution in [-0.4, -0.2) is 20.2 Å². The SMILES string of the molecule is NC(=O)NS(=O)(=O)c1ccc(N/C=C2\CCCCC2=O)cc1. The van der Waals surface area contributed by atoms with Crippen molar-refractivity contribution in [1.29, 1.82) is 0 Å². The van der Waals surface area contributed by atoms with Crippen LogP contribution < -0.4 is 15.8 Å². The lowest BCUT2D eigenvalue weighted by Gasteiger charge is -2.13. The van der Waals surface area contributed by atoms with Crippen LogP contribution in [0.2, 0.25) is 0 Å². The summed E-state index contributed by atoms with van der Waals surface area (Å²) in [7, 11) is -3.94. The van der Waals surface area contributed by atoms with E-state index in [-0.39, 0.29) is 10.7 Å². The Hall–Kier alpha value is -2.35. The normalized spacial score (nSPS) is 17.3. The monoisotopic (exact) mass is 323 g/mol. The predicted octanol–water partition coefficient (Wildman–Crippen LogP) is 1.48. The van der Waals surface area contributed by atoms with Gasteiger partial charge in [-0.1, -0.05) is 0 Å². The van der Waals surface area contributed by atoms with Gasteiger partial charge in [0.1, 0.15) is 0 Å². The van der Waals surface area contributed by atoms with Crippen LogP contribution in [0.3, 0.4) is 0 Å². The van der Waals surface area contributed by atoms with E-state index in [2.05, 4.69) is 5.32 Å². The number of anilines is 1. The molecule has 1 aromatic rings. The Morgan fingerprint density at radius 2 is 1.77 bits per heavy atom. The lowest BCUT2D eigenvalue weighted by molar-refractivity contribution is -0.116. The number of carbonyl (C=O) groups excluding carboxylic acids is 2. The second-order valence-electron chi connectivity index (χ2n) is 4.94. The summed E-state index contributed by atoms with van der Waals surface area (Å²) in [5.41, 5.74) is 6.20. The summed E-state index contributed by atoms with van der Waals surface area (Å²) in [6.07, 6.45) is 4.90. The number of urea groups is 1. The highest BCUT2D eigenvalue weighted by atomic mass is 32.2. The number of nitrogens with one attached hydrogen (secondary N) is 2.